The molecule has 0 atom stereocenters. The molecule has 2 aliphatic heterocycles. The van der Waals surface area contributed by atoms with Crippen LogP contribution in [-0.4, -0.2) is 55.6 Å². The number of likely N-dealkylation sites (tertiary alicyclic amines) is 1. The Morgan fingerprint density at radius 3 is 2.59 bits per heavy atom. The second-order valence-corrected chi connectivity index (χ2v) is 10.3. The number of nitrogens with zero attached hydrogens (tertiary/aromatic N) is 2. The molecule has 2 aromatic rings. The fourth-order valence-corrected chi connectivity index (χ4v) is 5.77. The number of amides is 2. The smallest absolute Gasteiger partial charge is 0.251 e. The summed E-state index contributed by atoms with van der Waals surface area (Å²) in [5.41, 5.74) is 2.49. The van der Waals surface area contributed by atoms with Crippen molar-refractivity contribution in [2.75, 3.05) is 26.2 Å². The molecule has 0 radical (unpaired) electrons. The van der Waals surface area contributed by atoms with E-state index in [2.05, 4.69) is 5.32 Å². The Kier molecular flexibility index (Phi) is 6.91. The number of rotatable bonds is 6. The van der Waals surface area contributed by atoms with E-state index < -0.39 is 10.0 Å². The average Bonchev–Trinajstić information content (AvgIpc) is 3.02. The van der Waals surface area contributed by atoms with E-state index >= 15 is 0 Å². The number of nitrogens with one attached hydrogen (secondary N) is 1. The van der Waals surface area contributed by atoms with E-state index in [1.165, 1.54) is 22.0 Å². The Balaban J connectivity index is 1.40. The lowest BCUT2D eigenvalue weighted by molar-refractivity contribution is -0.130. The molecule has 0 saturated carbocycles. The molecule has 8 heteroatoms. The number of carbonyl (C=O) groups excluding carboxylic acids is 2. The third-order valence-corrected chi connectivity index (χ3v) is 8.01. The van der Waals surface area contributed by atoms with Gasteiger partial charge in [-0.3, -0.25) is 9.59 Å². The second kappa shape index (κ2) is 9.83. The van der Waals surface area contributed by atoms with Gasteiger partial charge < -0.3 is 10.2 Å². The normalized spacial score (nSPS) is 17.5. The van der Waals surface area contributed by atoms with Gasteiger partial charge in [0.1, 0.15) is 0 Å². The molecule has 0 aliphatic carbocycles. The van der Waals surface area contributed by atoms with Gasteiger partial charge in [-0.1, -0.05) is 36.8 Å². The van der Waals surface area contributed by atoms with Crippen LogP contribution >= 0.6 is 0 Å². The highest BCUT2D eigenvalue weighted by molar-refractivity contribution is 7.89. The molecule has 2 aliphatic rings. The van der Waals surface area contributed by atoms with Crippen molar-refractivity contribution >= 4 is 21.8 Å². The number of hydrogen-bond donors (Lipinski definition) is 1. The van der Waals surface area contributed by atoms with Crippen LogP contribution in [0.2, 0.25) is 0 Å². The summed E-state index contributed by atoms with van der Waals surface area (Å²) in [7, 11) is -3.71. The molecule has 1 fully saturated rings. The highest BCUT2D eigenvalue weighted by atomic mass is 32.2. The van der Waals surface area contributed by atoms with Gasteiger partial charge in [-0.05, 0) is 48.6 Å². The SMILES string of the molecule is O=C(NCCN1CCCCCC1=O)c1cccc(S(=O)(=O)N2CCc3ccccc3C2)c1. The lowest BCUT2D eigenvalue weighted by atomic mass is 10.0. The average molecular weight is 456 g/mol. The van der Waals surface area contributed by atoms with Crippen LogP contribution in [0.5, 0.6) is 0 Å². The van der Waals surface area contributed by atoms with Crippen molar-refractivity contribution in [1.29, 1.82) is 0 Å². The summed E-state index contributed by atoms with van der Waals surface area (Å²) in [6.45, 7) is 2.28. The minimum atomic E-state index is -3.71. The zero-order valence-electron chi connectivity index (χ0n) is 18.1. The molecule has 0 aromatic heterocycles. The van der Waals surface area contributed by atoms with E-state index in [0.29, 0.717) is 44.6 Å². The summed E-state index contributed by atoms with van der Waals surface area (Å²) in [6.07, 6.45) is 4.20. The Labute approximate surface area is 189 Å². The van der Waals surface area contributed by atoms with Crippen molar-refractivity contribution in [3.8, 4) is 0 Å². The van der Waals surface area contributed by atoms with Gasteiger partial charge in [0, 0.05) is 44.7 Å². The van der Waals surface area contributed by atoms with Crippen molar-refractivity contribution in [2.24, 2.45) is 0 Å². The first-order chi connectivity index (χ1) is 15.4. The van der Waals surface area contributed by atoms with Gasteiger partial charge in [0.15, 0.2) is 0 Å². The van der Waals surface area contributed by atoms with Crippen LogP contribution in [0.3, 0.4) is 0 Å². The molecule has 1 N–H and O–H groups in total. The number of carbonyl (C=O) groups is 2. The lowest BCUT2D eigenvalue weighted by Gasteiger charge is -2.28. The minimum Gasteiger partial charge on any atom is -0.350 e. The van der Waals surface area contributed by atoms with E-state index in [-0.39, 0.29) is 16.7 Å². The quantitative estimate of drug-likeness (QED) is 0.725. The molecule has 2 aromatic carbocycles. The van der Waals surface area contributed by atoms with E-state index in [1.54, 1.807) is 17.0 Å². The third kappa shape index (κ3) is 5.02. The zero-order valence-corrected chi connectivity index (χ0v) is 18.9. The van der Waals surface area contributed by atoms with Crippen molar-refractivity contribution in [1.82, 2.24) is 14.5 Å². The Bertz CT molecular complexity index is 1100. The van der Waals surface area contributed by atoms with Crippen LogP contribution in [0.1, 0.15) is 47.2 Å². The molecule has 0 unspecified atom stereocenters. The number of fused-ring (bicyclic) bond motifs is 1. The number of hydrogen-bond acceptors (Lipinski definition) is 4. The molecule has 170 valence electrons. The molecule has 7 nitrogen and oxygen atoms in total. The second-order valence-electron chi connectivity index (χ2n) is 8.33. The standard InChI is InChI=1S/C24H29N3O4S/c28-23-11-2-1-5-14-26(23)16-13-25-24(29)20-9-6-10-22(17-20)32(30,31)27-15-12-19-7-3-4-8-21(19)18-27/h3-4,6-10,17H,1-2,5,11-16,18H2,(H,25,29). The van der Waals surface area contributed by atoms with Gasteiger partial charge >= 0.3 is 0 Å². The molecular weight excluding hydrogens is 426 g/mol. The topological polar surface area (TPSA) is 86.8 Å². The van der Waals surface area contributed by atoms with Crippen LogP contribution in [0, 0.1) is 0 Å². The zero-order chi connectivity index (χ0) is 22.6. The van der Waals surface area contributed by atoms with Gasteiger partial charge in [-0.15, -0.1) is 0 Å². The van der Waals surface area contributed by atoms with Crippen LogP contribution in [0.4, 0.5) is 0 Å². The van der Waals surface area contributed by atoms with Gasteiger partial charge in [0.25, 0.3) is 5.91 Å². The molecule has 0 bridgehead atoms. The van der Waals surface area contributed by atoms with E-state index in [9.17, 15) is 18.0 Å². The maximum Gasteiger partial charge on any atom is 0.251 e. The highest BCUT2D eigenvalue weighted by Crippen LogP contribution is 2.25. The van der Waals surface area contributed by atoms with Gasteiger partial charge in [0.2, 0.25) is 15.9 Å². The van der Waals surface area contributed by atoms with Crippen LogP contribution in [0.25, 0.3) is 0 Å². The van der Waals surface area contributed by atoms with Crippen molar-refractivity contribution < 1.29 is 18.0 Å². The van der Waals surface area contributed by atoms with Crippen molar-refractivity contribution in [2.45, 2.75) is 43.5 Å². The van der Waals surface area contributed by atoms with E-state index in [1.807, 2.05) is 24.3 Å². The molecular formula is C24H29N3O4S. The summed E-state index contributed by atoms with van der Waals surface area (Å²) in [4.78, 5) is 26.6. The maximum atomic E-state index is 13.2. The summed E-state index contributed by atoms with van der Waals surface area (Å²) in [5.74, 6) is -0.207. The number of benzene rings is 2. The van der Waals surface area contributed by atoms with E-state index in [0.717, 1.165) is 31.4 Å². The summed E-state index contributed by atoms with van der Waals surface area (Å²) in [6, 6.07) is 14.0. The number of sulfonamides is 1. The van der Waals surface area contributed by atoms with Crippen LogP contribution in [0.15, 0.2) is 53.4 Å². The Morgan fingerprint density at radius 1 is 0.938 bits per heavy atom. The summed E-state index contributed by atoms with van der Waals surface area (Å²) >= 11 is 0. The van der Waals surface area contributed by atoms with Gasteiger partial charge in [-0.2, -0.15) is 4.31 Å². The van der Waals surface area contributed by atoms with Crippen molar-refractivity contribution in [3.63, 3.8) is 0 Å². The minimum absolute atomic E-state index is 0.118. The molecule has 0 spiro atoms. The van der Waals surface area contributed by atoms with Gasteiger partial charge in [0.05, 0.1) is 4.90 Å². The largest absolute Gasteiger partial charge is 0.350 e. The summed E-state index contributed by atoms with van der Waals surface area (Å²) in [5, 5.41) is 2.82. The molecule has 32 heavy (non-hydrogen) atoms. The molecule has 1 saturated heterocycles. The lowest BCUT2D eigenvalue weighted by Crippen LogP contribution is -2.38. The first kappa shape index (κ1) is 22.5. The van der Waals surface area contributed by atoms with E-state index in [4.69, 9.17) is 0 Å². The Hall–Kier alpha value is -2.71. The predicted molar refractivity (Wildman–Crippen MR) is 122 cm³/mol. The third-order valence-electron chi connectivity index (χ3n) is 6.17. The first-order valence-corrected chi connectivity index (χ1v) is 12.6. The molecule has 2 heterocycles. The fourth-order valence-electron chi connectivity index (χ4n) is 4.30. The van der Waals surface area contributed by atoms with Crippen LogP contribution in [-0.2, 0) is 27.8 Å². The highest BCUT2D eigenvalue weighted by Gasteiger charge is 2.28. The predicted octanol–water partition coefficient (Wildman–Crippen LogP) is 2.57. The fraction of sp³-hybridized carbons (Fsp3) is 0.417. The van der Waals surface area contributed by atoms with Gasteiger partial charge in [-0.25, -0.2) is 8.42 Å². The Morgan fingerprint density at radius 2 is 1.75 bits per heavy atom. The van der Waals surface area contributed by atoms with Crippen LogP contribution < -0.4 is 5.32 Å². The van der Waals surface area contributed by atoms with Crippen molar-refractivity contribution in [3.05, 3.63) is 65.2 Å². The first-order valence-electron chi connectivity index (χ1n) is 11.2. The summed E-state index contributed by atoms with van der Waals surface area (Å²) < 4.78 is 27.9. The maximum absolute atomic E-state index is 13.2. The molecule has 4 rings (SSSR count). The monoisotopic (exact) mass is 455 g/mol. The molecule has 2 amide bonds.